The fourth-order valence-corrected chi connectivity index (χ4v) is 2.67. The van der Waals surface area contributed by atoms with Crippen LogP contribution in [0.1, 0.15) is 27.5 Å². The molecule has 0 spiro atoms. The molecule has 0 radical (unpaired) electrons. The van der Waals surface area contributed by atoms with Crippen LogP contribution in [-0.4, -0.2) is 40.2 Å². The van der Waals surface area contributed by atoms with E-state index in [0.717, 1.165) is 17.1 Å². The first kappa shape index (κ1) is 18.4. The van der Waals surface area contributed by atoms with Gasteiger partial charge in [0.1, 0.15) is 5.76 Å². The Bertz CT molecular complexity index is 927. The molecule has 0 aliphatic carbocycles. The number of amides is 1. The number of aryl methyl sites for hydroxylation is 2. The van der Waals surface area contributed by atoms with E-state index in [9.17, 15) is 9.59 Å². The second kappa shape index (κ2) is 7.90. The molecule has 140 valence electrons. The van der Waals surface area contributed by atoms with Gasteiger partial charge in [-0.25, -0.2) is 9.48 Å². The number of likely N-dealkylation sites (N-methyl/N-ethyl adjacent to an activating group) is 1. The van der Waals surface area contributed by atoms with Gasteiger partial charge in [0.2, 0.25) is 0 Å². The van der Waals surface area contributed by atoms with Crippen molar-refractivity contribution >= 4 is 11.9 Å². The number of ether oxygens (including phenoxy) is 1. The zero-order valence-electron chi connectivity index (χ0n) is 15.5. The van der Waals surface area contributed by atoms with Gasteiger partial charge in [-0.05, 0) is 56.3 Å². The highest BCUT2D eigenvalue weighted by Gasteiger charge is 2.15. The van der Waals surface area contributed by atoms with Crippen LogP contribution in [0, 0.1) is 13.8 Å². The highest BCUT2D eigenvalue weighted by molar-refractivity contribution is 5.91. The largest absolute Gasteiger partial charge is 0.467 e. The summed E-state index contributed by atoms with van der Waals surface area (Å²) in [6, 6.07) is 12.4. The number of nitrogens with zero attached hydrogens (tertiary/aromatic N) is 3. The maximum absolute atomic E-state index is 12.2. The van der Waals surface area contributed by atoms with Gasteiger partial charge in [0.15, 0.2) is 6.61 Å². The molecule has 1 amide bonds. The second-order valence-corrected chi connectivity index (χ2v) is 6.29. The van der Waals surface area contributed by atoms with Crippen molar-refractivity contribution in [1.82, 2.24) is 14.7 Å². The molecule has 27 heavy (non-hydrogen) atoms. The number of benzene rings is 1. The summed E-state index contributed by atoms with van der Waals surface area (Å²) in [5.74, 6) is -0.189. The highest BCUT2D eigenvalue weighted by atomic mass is 16.5. The highest BCUT2D eigenvalue weighted by Crippen LogP contribution is 2.14. The van der Waals surface area contributed by atoms with Crippen molar-refractivity contribution in [2.45, 2.75) is 20.4 Å². The number of furan rings is 1. The molecular formula is C20H21N3O4. The van der Waals surface area contributed by atoms with Crippen molar-refractivity contribution in [2.75, 3.05) is 13.7 Å². The quantitative estimate of drug-likeness (QED) is 0.626. The van der Waals surface area contributed by atoms with E-state index < -0.39 is 5.97 Å². The lowest BCUT2D eigenvalue weighted by Gasteiger charge is -2.15. The van der Waals surface area contributed by atoms with Crippen molar-refractivity contribution in [3.05, 3.63) is 71.4 Å². The third-order valence-electron chi connectivity index (χ3n) is 4.08. The van der Waals surface area contributed by atoms with E-state index in [2.05, 4.69) is 5.10 Å². The first-order chi connectivity index (χ1) is 12.9. The van der Waals surface area contributed by atoms with E-state index in [0.29, 0.717) is 17.9 Å². The number of carbonyl (C=O) groups is 2. The average molecular weight is 367 g/mol. The number of esters is 1. The second-order valence-electron chi connectivity index (χ2n) is 6.29. The maximum atomic E-state index is 12.2. The monoisotopic (exact) mass is 367 g/mol. The van der Waals surface area contributed by atoms with Crippen molar-refractivity contribution in [3.8, 4) is 5.69 Å². The number of aromatic nitrogens is 2. The molecule has 0 N–H and O–H groups in total. The van der Waals surface area contributed by atoms with E-state index in [1.165, 1.54) is 4.90 Å². The molecule has 0 bridgehead atoms. The minimum atomic E-state index is -0.547. The van der Waals surface area contributed by atoms with Gasteiger partial charge in [-0.2, -0.15) is 5.10 Å². The van der Waals surface area contributed by atoms with Gasteiger partial charge in [-0.15, -0.1) is 0 Å². The summed E-state index contributed by atoms with van der Waals surface area (Å²) >= 11 is 0. The standard InChI is InChI=1S/C20H21N3O4/c1-14-11-15(2)23(21-14)17-8-6-16(7-9-17)20(25)27-13-19(24)22(3)12-18-5-4-10-26-18/h4-11H,12-13H2,1-3H3. The molecular weight excluding hydrogens is 346 g/mol. The SMILES string of the molecule is Cc1cc(C)n(-c2ccc(C(=O)OCC(=O)N(C)Cc3ccco3)cc2)n1. The van der Waals surface area contributed by atoms with E-state index >= 15 is 0 Å². The molecule has 3 rings (SSSR count). The van der Waals surface area contributed by atoms with Crippen LogP contribution in [0.15, 0.2) is 53.1 Å². The summed E-state index contributed by atoms with van der Waals surface area (Å²) < 4.78 is 12.1. The van der Waals surface area contributed by atoms with Crippen LogP contribution in [0.3, 0.4) is 0 Å². The van der Waals surface area contributed by atoms with Crippen molar-refractivity contribution in [1.29, 1.82) is 0 Å². The minimum Gasteiger partial charge on any atom is -0.467 e. The number of carbonyl (C=O) groups excluding carboxylic acids is 2. The molecule has 0 unspecified atom stereocenters. The Balaban J connectivity index is 1.56. The Morgan fingerprint density at radius 1 is 1.19 bits per heavy atom. The van der Waals surface area contributed by atoms with Crippen molar-refractivity contribution in [3.63, 3.8) is 0 Å². The molecule has 3 aromatic rings. The fraction of sp³-hybridized carbons (Fsp3) is 0.250. The summed E-state index contributed by atoms with van der Waals surface area (Å²) in [4.78, 5) is 25.7. The van der Waals surface area contributed by atoms with Crippen LogP contribution < -0.4 is 0 Å². The van der Waals surface area contributed by atoms with Crippen LogP contribution in [0.4, 0.5) is 0 Å². The van der Waals surface area contributed by atoms with Crippen molar-refractivity contribution < 1.29 is 18.7 Å². The summed E-state index contributed by atoms with van der Waals surface area (Å²) in [5, 5.41) is 4.41. The lowest BCUT2D eigenvalue weighted by atomic mass is 10.2. The molecule has 0 fully saturated rings. The Kier molecular flexibility index (Phi) is 5.40. The molecule has 2 aromatic heterocycles. The van der Waals surface area contributed by atoms with Gasteiger partial charge in [-0.1, -0.05) is 0 Å². The van der Waals surface area contributed by atoms with E-state index in [1.807, 2.05) is 19.9 Å². The zero-order valence-corrected chi connectivity index (χ0v) is 15.5. The van der Waals surface area contributed by atoms with Gasteiger partial charge in [0, 0.05) is 12.7 Å². The van der Waals surface area contributed by atoms with Gasteiger partial charge in [0.25, 0.3) is 5.91 Å². The van der Waals surface area contributed by atoms with Gasteiger partial charge < -0.3 is 14.1 Å². The first-order valence-corrected chi connectivity index (χ1v) is 8.51. The number of hydrogen-bond donors (Lipinski definition) is 0. The molecule has 7 nitrogen and oxygen atoms in total. The molecule has 0 saturated carbocycles. The summed E-state index contributed by atoms with van der Waals surface area (Å²) in [6.07, 6.45) is 1.55. The molecule has 7 heteroatoms. The van der Waals surface area contributed by atoms with Crippen LogP contribution in [-0.2, 0) is 16.1 Å². The molecule has 2 heterocycles. The van der Waals surface area contributed by atoms with Gasteiger partial charge >= 0.3 is 5.97 Å². The number of hydrogen-bond acceptors (Lipinski definition) is 5. The Morgan fingerprint density at radius 2 is 1.93 bits per heavy atom. The van der Waals surface area contributed by atoms with Crippen molar-refractivity contribution in [2.24, 2.45) is 0 Å². The molecule has 0 aliphatic rings. The van der Waals surface area contributed by atoms with E-state index in [4.69, 9.17) is 9.15 Å². The Morgan fingerprint density at radius 3 is 2.52 bits per heavy atom. The predicted octanol–water partition coefficient (Wildman–Crippen LogP) is 2.90. The van der Waals surface area contributed by atoms with E-state index in [1.54, 1.807) is 54.4 Å². The smallest absolute Gasteiger partial charge is 0.338 e. The number of rotatable bonds is 6. The third-order valence-corrected chi connectivity index (χ3v) is 4.08. The predicted molar refractivity (Wildman–Crippen MR) is 98.5 cm³/mol. The normalized spacial score (nSPS) is 10.6. The van der Waals surface area contributed by atoms with Gasteiger partial charge in [0.05, 0.1) is 29.8 Å². The zero-order chi connectivity index (χ0) is 19.4. The Hall–Kier alpha value is -3.35. The Labute approximate surface area is 157 Å². The summed E-state index contributed by atoms with van der Waals surface area (Å²) in [5.41, 5.74) is 3.16. The molecule has 1 aromatic carbocycles. The van der Waals surface area contributed by atoms with Crippen LogP contribution in [0.25, 0.3) is 5.69 Å². The molecule has 0 atom stereocenters. The fourth-order valence-electron chi connectivity index (χ4n) is 2.67. The molecule has 0 aliphatic heterocycles. The first-order valence-electron chi connectivity index (χ1n) is 8.51. The topological polar surface area (TPSA) is 77.6 Å². The van der Waals surface area contributed by atoms with E-state index in [-0.39, 0.29) is 12.5 Å². The summed E-state index contributed by atoms with van der Waals surface area (Å²) in [7, 11) is 1.63. The third kappa shape index (κ3) is 4.44. The lowest BCUT2D eigenvalue weighted by molar-refractivity contribution is -0.133. The van der Waals surface area contributed by atoms with Crippen LogP contribution in [0.5, 0.6) is 0 Å². The minimum absolute atomic E-state index is 0.306. The maximum Gasteiger partial charge on any atom is 0.338 e. The summed E-state index contributed by atoms with van der Waals surface area (Å²) in [6.45, 7) is 3.89. The molecule has 0 saturated heterocycles. The average Bonchev–Trinajstić information content (AvgIpc) is 3.28. The van der Waals surface area contributed by atoms with Crippen LogP contribution >= 0.6 is 0 Å². The lowest BCUT2D eigenvalue weighted by Crippen LogP contribution is -2.30. The van der Waals surface area contributed by atoms with Gasteiger partial charge in [-0.3, -0.25) is 4.79 Å². The van der Waals surface area contributed by atoms with Crippen LogP contribution in [0.2, 0.25) is 0 Å².